The van der Waals surface area contributed by atoms with Crippen LogP contribution in [-0.4, -0.2) is 23.5 Å². The Bertz CT molecular complexity index is 331. The first-order chi connectivity index (χ1) is 7.86. The lowest BCUT2D eigenvalue weighted by Gasteiger charge is -2.15. The number of hydrogen-bond donors (Lipinski definition) is 2. The Kier molecular flexibility index (Phi) is 3.88. The lowest BCUT2D eigenvalue weighted by Crippen LogP contribution is -2.39. The summed E-state index contributed by atoms with van der Waals surface area (Å²) in [6, 6.07) is 3.55. The van der Waals surface area contributed by atoms with E-state index in [1.54, 1.807) is 24.5 Å². The van der Waals surface area contributed by atoms with Gasteiger partial charge in [0.1, 0.15) is 0 Å². The van der Waals surface area contributed by atoms with Crippen LogP contribution in [0.3, 0.4) is 0 Å². The topological polar surface area (TPSA) is 54.0 Å². The van der Waals surface area contributed by atoms with E-state index in [1.165, 1.54) is 12.8 Å². The summed E-state index contributed by atoms with van der Waals surface area (Å²) in [6.07, 6.45) is 7.79. The van der Waals surface area contributed by atoms with Gasteiger partial charge in [0, 0.05) is 18.1 Å². The molecule has 0 aromatic carbocycles. The molecule has 0 bridgehead atoms. The summed E-state index contributed by atoms with van der Waals surface area (Å²) in [7, 11) is 0. The summed E-state index contributed by atoms with van der Waals surface area (Å²) in [6.45, 7) is 0.939. The van der Waals surface area contributed by atoms with Gasteiger partial charge in [-0.15, -0.1) is 0 Å². The molecule has 0 aliphatic carbocycles. The molecule has 1 aromatic heterocycles. The second-order valence-corrected chi connectivity index (χ2v) is 4.08. The van der Waals surface area contributed by atoms with Crippen molar-refractivity contribution in [3.05, 3.63) is 24.5 Å². The van der Waals surface area contributed by atoms with E-state index >= 15 is 0 Å². The minimum absolute atomic E-state index is 0.0457. The Hall–Kier alpha value is -1.42. The average Bonchev–Trinajstić information content (AvgIpc) is 2.59. The van der Waals surface area contributed by atoms with E-state index < -0.39 is 0 Å². The van der Waals surface area contributed by atoms with Crippen molar-refractivity contribution < 1.29 is 4.79 Å². The zero-order chi connectivity index (χ0) is 11.2. The van der Waals surface area contributed by atoms with Crippen LogP contribution in [0.2, 0.25) is 0 Å². The molecule has 4 heteroatoms. The quantitative estimate of drug-likeness (QED) is 0.793. The molecule has 1 aromatic rings. The fourth-order valence-electron chi connectivity index (χ4n) is 1.92. The first kappa shape index (κ1) is 11.1. The zero-order valence-corrected chi connectivity index (χ0v) is 9.28. The fraction of sp³-hybridized carbons (Fsp3) is 0.500. The number of nitrogens with zero attached hydrogens (tertiary/aromatic N) is 1. The van der Waals surface area contributed by atoms with Crippen LogP contribution in [0.15, 0.2) is 24.5 Å². The molecular weight excluding hydrogens is 202 g/mol. The van der Waals surface area contributed by atoms with Crippen LogP contribution in [0, 0.1) is 0 Å². The Morgan fingerprint density at radius 3 is 2.94 bits per heavy atom. The van der Waals surface area contributed by atoms with Gasteiger partial charge < -0.3 is 10.6 Å². The minimum Gasteiger partial charge on any atom is -0.325 e. The molecule has 2 rings (SSSR count). The number of nitrogens with one attached hydrogen (secondary N) is 2. The Balaban J connectivity index is 1.92. The first-order valence-corrected chi connectivity index (χ1v) is 5.80. The predicted octanol–water partition coefficient (Wildman–Crippen LogP) is 1.55. The third kappa shape index (κ3) is 3.03. The van der Waals surface area contributed by atoms with Gasteiger partial charge in [-0.2, -0.15) is 0 Å². The summed E-state index contributed by atoms with van der Waals surface area (Å²) in [4.78, 5) is 15.8. The van der Waals surface area contributed by atoms with Gasteiger partial charge in [0.15, 0.2) is 0 Å². The third-order valence-electron chi connectivity index (χ3n) is 2.82. The SMILES string of the molecule is O=C(Nc1ccncc1)C1CCCCCN1. The number of amides is 1. The highest BCUT2D eigenvalue weighted by atomic mass is 16.2. The number of anilines is 1. The number of carbonyl (C=O) groups excluding carboxylic acids is 1. The molecule has 1 amide bonds. The van der Waals surface area contributed by atoms with Crippen molar-refractivity contribution in [2.24, 2.45) is 0 Å². The van der Waals surface area contributed by atoms with Crippen molar-refractivity contribution in [1.82, 2.24) is 10.3 Å². The van der Waals surface area contributed by atoms with E-state index in [-0.39, 0.29) is 11.9 Å². The van der Waals surface area contributed by atoms with Crippen molar-refractivity contribution in [2.45, 2.75) is 31.7 Å². The van der Waals surface area contributed by atoms with Crippen molar-refractivity contribution in [3.63, 3.8) is 0 Å². The summed E-state index contributed by atoms with van der Waals surface area (Å²) < 4.78 is 0. The normalized spacial score (nSPS) is 21.1. The first-order valence-electron chi connectivity index (χ1n) is 5.80. The maximum Gasteiger partial charge on any atom is 0.241 e. The van der Waals surface area contributed by atoms with Gasteiger partial charge in [-0.1, -0.05) is 12.8 Å². The highest BCUT2D eigenvalue weighted by molar-refractivity contribution is 5.94. The number of hydrogen-bond acceptors (Lipinski definition) is 3. The number of aromatic nitrogens is 1. The molecule has 86 valence electrons. The van der Waals surface area contributed by atoms with Gasteiger partial charge in [-0.3, -0.25) is 9.78 Å². The molecule has 0 spiro atoms. The van der Waals surface area contributed by atoms with Gasteiger partial charge in [0.2, 0.25) is 5.91 Å². The van der Waals surface area contributed by atoms with E-state index in [9.17, 15) is 4.79 Å². The number of rotatable bonds is 2. The zero-order valence-electron chi connectivity index (χ0n) is 9.28. The second-order valence-electron chi connectivity index (χ2n) is 4.08. The third-order valence-corrected chi connectivity index (χ3v) is 2.82. The lowest BCUT2D eigenvalue weighted by molar-refractivity contribution is -0.118. The van der Waals surface area contributed by atoms with Crippen LogP contribution in [0.1, 0.15) is 25.7 Å². The summed E-state index contributed by atoms with van der Waals surface area (Å²) in [5.74, 6) is 0.0631. The largest absolute Gasteiger partial charge is 0.325 e. The molecule has 1 unspecified atom stereocenters. The molecule has 2 N–H and O–H groups in total. The molecule has 2 heterocycles. The van der Waals surface area contributed by atoms with E-state index in [2.05, 4.69) is 15.6 Å². The van der Waals surface area contributed by atoms with Crippen molar-refractivity contribution in [3.8, 4) is 0 Å². The molecule has 1 fully saturated rings. The Morgan fingerprint density at radius 1 is 1.31 bits per heavy atom. The molecular formula is C12H17N3O. The van der Waals surface area contributed by atoms with Gasteiger partial charge in [0.25, 0.3) is 0 Å². The molecule has 1 aliphatic heterocycles. The highest BCUT2D eigenvalue weighted by Crippen LogP contribution is 2.11. The standard InChI is InChI=1S/C12H17N3O/c16-12(11-4-2-1-3-7-14-11)15-10-5-8-13-9-6-10/h5-6,8-9,11,14H,1-4,7H2,(H,13,15,16). The average molecular weight is 219 g/mol. The highest BCUT2D eigenvalue weighted by Gasteiger charge is 2.19. The van der Waals surface area contributed by atoms with Crippen molar-refractivity contribution >= 4 is 11.6 Å². The predicted molar refractivity (Wildman–Crippen MR) is 63.1 cm³/mol. The van der Waals surface area contributed by atoms with Gasteiger partial charge in [0.05, 0.1) is 6.04 Å². The van der Waals surface area contributed by atoms with Crippen LogP contribution in [0.5, 0.6) is 0 Å². The molecule has 1 atom stereocenters. The van der Waals surface area contributed by atoms with E-state index in [0.717, 1.165) is 25.1 Å². The van der Waals surface area contributed by atoms with Crippen LogP contribution < -0.4 is 10.6 Å². The van der Waals surface area contributed by atoms with E-state index in [4.69, 9.17) is 0 Å². The molecule has 16 heavy (non-hydrogen) atoms. The smallest absolute Gasteiger partial charge is 0.241 e. The molecule has 4 nitrogen and oxygen atoms in total. The molecule has 0 radical (unpaired) electrons. The maximum atomic E-state index is 11.9. The molecule has 1 aliphatic rings. The van der Waals surface area contributed by atoms with Crippen LogP contribution >= 0.6 is 0 Å². The number of pyridine rings is 1. The van der Waals surface area contributed by atoms with Gasteiger partial charge in [-0.25, -0.2) is 0 Å². The van der Waals surface area contributed by atoms with E-state index in [0.29, 0.717) is 0 Å². The monoisotopic (exact) mass is 219 g/mol. The minimum atomic E-state index is -0.0457. The maximum absolute atomic E-state index is 11.9. The van der Waals surface area contributed by atoms with Gasteiger partial charge >= 0.3 is 0 Å². The Labute approximate surface area is 95.5 Å². The van der Waals surface area contributed by atoms with Crippen LogP contribution in [0.4, 0.5) is 5.69 Å². The van der Waals surface area contributed by atoms with Crippen molar-refractivity contribution in [1.29, 1.82) is 0 Å². The van der Waals surface area contributed by atoms with Crippen LogP contribution in [-0.2, 0) is 4.79 Å². The van der Waals surface area contributed by atoms with Crippen molar-refractivity contribution in [2.75, 3.05) is 11.9 Å². The molecule has 1 saturated heterocycles. The summed E-state index contributed by atoms with van der Waals surface area (Å²) >= 11 is 0. The number of carbonyl (C=O) groups is 1. The summed E-state index contributed by atoms with van der Waals surface area (Å²) in [5.41, 5.74) is 0.811. The lowest BCUT2D eigenvalue weighted by atomic mass is 10.1. The molecule has 0 saturated carbocycles. The van der Waals surface area contributed by atoms with Gasteiger partial charge in [-0.05, 0) is 31.5 Å². The second kappa shape index (κ2) is 5.61. The summed E-state index contributed by atoms with van der Waals surface area (Å²) in [5, 5.41) is 6.17. The van der Waals surface area contributed by atoms with E-state index in [1.807, 2.05) is 0 Å². The fourth-order valence-corrected chi connectivity index (χ4v) is 1.92. The Morgan fingerprint density at radius 2 is 2.12 bits per heavy atom. The van der Waals surface area contributed by atoms with Crippen LogP contribution in [0.25, 0.3) is 0 Å².